The summed E-state index contributed by atoms with van der Waals surface area (Å²) in [5.41, 5.74) is 5.01. The fourth-order valence-electron chi connectivity index (χ4n) is 1.44. The predicted octanol–water partition coefficient (Wildman–Crippen LogP) is -0.975. The molecule has 0 aromatic rings. The van der Waals surface area contributed by atoms with Crippen molar-refractivity contribution in [3.63, 3.8) is 0 Å². The highest BCUT2D eigenvalue weighted by Crippen LogP contribution is 2.10. The van der Waals surface area contributed by atoms with E-state index in [1.54, 1.807) is 7.05 Å². The van der Waals surface area contributed by atoms with Crippen LogP contribution in [0.1, 0.15) is 6.42 Å². The van der Waals surface area contributed by atoms with Crippen molar-refractivity contribution in [3.8, 4) is 0 Å². The molecule has 86 valence electrons. The minimum Gasteiger partial charge on any atom is -0.368 e. The van der Waals surface area contributed by atoms with Crippen molar-refractivity contribution in [1.82, 2.24) is 10.2 Å². The maximum atomic E-state index is 11.6. The molecule has 1 saturated heterocycles. The van der Waals surface area contributed by atoms with Gasteiger partial charge in [-0.2, -0.15) is 11.8 Å². The van der Waals surface area contributed by atoms with E-state index in [1.165, 1.54) is 4.90 Å². The Morgan fingerprint density at radius 2 is 2.33 bits per heavy atom. The van der Waals surface area contributed by atoms with E-state index in [4.69, 9.17) is 5.73 Å². The lowest BCUT2D eigenvalue weighted by Crippen LogP contribution is -2.43. The molecule has 6 heteroatoms. The molecule has 5 nitrogen and oxygen atoms in total. The first-order valence-electron chi connectivity index (χ1n) is 4.93. The van der Waals surface area contributed by atoms with Crippen LogP contribution >= 0.6 is 11.8 Å². The van der Waals surface area contributed by atoms with Crippen molar-refractivity contribution in [2.75, 3.05) is 31.6 Å². The summed E-state index contributed by atoms with van der Waals surface area (Å²) in [6.07, 6.45) is 0.441. The molecular weight excluding hydrogens is 214 g/mol. The van der Waals surface area contributed by atoms with E-state index >= 15 is 0 Å². The third kappa shape index (κ3) is 4.53. The Labute approximate surface area is 93.7 Å². The van der Waals surface area contributed by atoms with Crippen molar-refractivity contribution in [2.24, 2.45) is 5.73 Å². The zero-order valence-electron chi connectivity index (χ0n) is 8.86. The Morgan fingerprint density at radius 3 is 2.87 bits per heavy atom. The number of nitrogens with zero attached hydrogens (tertiary/aromatic N) is 1. The molecule has 1 rings (SSSR count). The number of primary amides is 1. The summed E-state index contributed by atoms with van der Waals surface area (Å²) in [4.78, 5) is 23.6. The van der Waals surface area contributed by atoms with E-state index in [1.807, 2.05) is 11.8 Å². The van der Waals surface area contributed by atoms with Crippen LogP contribution in [0.15, 0.2) is 0 Å². The minimum atomic E-state index is -0.475. The van der Waals surface area contributed by atoms with Crippen molar-refractivity contribution < 1.29 is 9.59 Å². The average molecular weight is 231 g/mol. The highest BCUT2D eigenvalue weighted by atomic mass is 32.2. The lowest BCUT2D eigenvalue weighted by Gasteiger charge is -2.24. The topological polar surface area (TPSA) is 75.4 Å². The van der Waals surface area contributed by atoms with Gasteiger partial charge in [-0.1, -0.05) is 0 Å². The average Bonchev–Trinajstić information content (AvgIpc) is 2.18. The third-order valence-corrected chi connectivity index (χ3v) is 3.37. The van der Waals surface area contributed by atoms with Crippen LogP contribution in [0.2, 0.25) is 0 Å². The number of carbonyl (C=O) groups is 2. The number of thioether (sulfide) groups is 1. The molecule has 0 aromatic carbocycles. The van der Waals surface area contributed by atoms with Crippen LogP contribution in [-0.2, 0) is 9.59 Å². The molecule has 1 fully saturated rings. The summed E-state index contributed by atoms with van der Waals surface area (Å²) in [7, 11) is 1.60. The van der Waals surface area contributed by atoms with Gasteiger partial charge >= 0.3 is 0 Å². The second-order valence-electron chi connectivity index (χ2n) is 3.65. The molecule has 3 N–H and O–H groups in total. The molecule has 2 amide bonds. The number of carbonyl (C=O) groups excluding carboxylic acids is 2. The molecule has 1 aliphatic rings. The van der Waals surface area contributed by atoms with E-state index in [9.17, 15) is 9.59 Å². The zero-order valence-corrected chi connectivity index (χ0v) is 9.68. The van der Waals surface area contributed by atoms with Gasteiger partial charge in [0, 0.05) is 37.6 Å². The monoisotopic (exact) mass is 231 g/mol. The van der Waals surface area contributed by atoms with Gasteiger partial charge in [0.1, 0.15) is 0 Å². The van der Waals surface area contributed by atoms with Crippen LogP contribution in [0.4, 0.5) is 0 Å². The molecule has 0 saturated carbocycles. The second kappa shape index (κ2) is 5.97. The standard InChI is InChI=1S/C9H17N3O2S/c1-12(5-8(10)13)9(14)4-7-6-15-3-2-11-7/h7,11H,2-6H2,1H3,(H2,10,13). The highest BCUT2D eigenvalue weighted by molar-refractivity contribution is 7.99. The van der Waals surface area contributed by atoms with Crippen LogP contribution in [0, 0.1) is 0 Å². The summed E-state index contributed by atoms with van der Waals surface area (Å²) in [5.74, 6) is 1.54. The predicted molar refractivity (Wildman–Crippen MR) is 60.6 cm³/mol. The molecular formula is C9H17N3O2S. The summed E-state index contributed by atoms with van der Waals surface area (Å²) in [6, 6.07) is 0.228. The van der Waals surface area contributed by atoms with E-state index in [-0.39, 0.29) is 18.5 Å². The van der Waals surface area contributed by atoms with E-state index in [2.05, 4.69) is 5.32 Å². The molecule has 1 atom stereocenters. The number of hydrogen-bond acceptors (Lipinski definition) is 4. The zero-order chi connectivity index (χ0) is 11.3. The summed E-state index contributed by atoms with van der Waals surface area (Å²) in [5, 5.41) is 3.27. The lowest BCUT2D eigenvalue weighted by molar-refractivity contribution is -0.134. The van der Waals surface area contributed by atoms with Crippen molar-refractivity contribution >= 4 is 23.6 Å². The molecule has 0 aliphatic carbocycles. The van der Waals surface area contributed by atoms with Crippen LogP contribution in [-0.4, -0.2) is 54.4 Å². The number of amides is 2. The van der Waals surface area contributed by atoms with Gasteiger partial charge in [0.05, 0.1) is 6.54 Å². The molecule has 0 aromatic heterocycles. The number of rotatable bonds is 4. The van der Waals surface area contributed by atoms with Crippen LogP contribution < -0.4 is 11.1 Å². The normalized spacial score (nSPS) is 21.0. The Balaban J connectivity index is 2.30. The fourth-order valence-corrected chi connectivity index (χ4v) is 2.39. The molecule has 0 radical (unpaired) electrons. The molecule has 1 heterocycles. The molecule has 0 bridgehead atoms. The lowest BCUT2D eigenvalue weighted by atomic mass is 10.2. The highest BCUT2D eigenvalue weighted by Gasteiger charge is 2.19. The minimum absolute atomic E-state index is 0.00129. The van der Waals surface area contributed by atoms with Gasteiger partial charge in [0.25, 0.3) is 0 Å². The van der Waals surface area contributed by atoms with Crippen LogP contribution in [0.3, 0.4) is 0 Å². The summed E-state index contributed by atoms with van der Waals surface area (Å²) >= 11 is 1.85. The summed E-state index contributed by atoms with van der Waals surface area (Å²) in [6.45, 7) is 0.945. The molecule has 0 spiro atoms. The Morgan fingerprint density at radius 1 is 1.60 bits per heavy atom. The first-order valence-corrected chi connectivity index (χ1v) is 6.08. The first kappa shape index (κ1) is 12.3. The van der Waals surface area contributed by atoms with Gasteiger partial charge < -0.3 is 16.0 Å². The van der Waals surface area contributed by atoms with Gasteiger partial charge in [-0.25, -0.2) is 0 Å². The number of nitrogens with one attached hydrogen (secondary N) is 1. The maximum Gasteiger partial charge on any atom is 0.237 e. The molecule has 1 aliphatic heterocycles. The van der Waals surface area contributed by atoms with E-state index in [0.717, 1.165) is 18.1 Å². The van der Waals surface area contributed by atoms with Crippen molar-refractivity contribution in [1.29, 1.82) is 0 Å². The molecule has 1 unspecified atom stereocenters. The Hall–Kier alpha value is -0.750. The largest absolute Gasteiger partial charge is 0.368 e. The molecule has 15 heavy (non-hydrogen) atoms. The number of hydrogen-bond donors (Lipinski definition) is 2. The summed E-state index contributed by atoms with van der Waals surface area (Å²) < 4.78 is 0. The van der Waals surface area contributed by atoms with Gasteiger partial charge in [0.15, 0.2) is 0 Å². The van der Waals surface area contributed by atoms with Crippen molar-refractivity contribution in [3.05, 3.63) is 0 Å². The van der Waals surface area contributed by atoms with Gasteiger partial charge in [-0.05, 0) is 0 Å². The van der Waals surface area contributed by atoms with Gasteiger partial charge in [-0.3, -0.25) is 9.59 Å². The van der Waals surface area contributed by atoms with E-state index < -0.39 is 5.91 Å². The van der Waals surface area contributed by atoms with E-state index in [0.29, 0.717) is 6.42 Å². The third-order valence-electron chi connectivity index (χ3n) is 2.24. The first-order chi connectivity index (χ1) is 7.09. The Bertz CT molecular complexity index is 242. The fraction of sp³-hybridized carbons (Fsp3) is 0.778. The SMILES string of the molecule is CN(CC(N)=O)C(=O)CC1CSCCN1. The van der Waals surface area contributed by atoms with Gasteiger partial charge in [-0.15, -0.1) is 0 Å². The second-order valence-corrected chi connectivity index (χ2v) is 4.80. The van der Waals surface area contributed by atoms with Crippen LogP contribution in [0.5, 0.6) is 0 Å². The maximum absolute atomic E-state index is 11.6. The van der Waals surface area contributed by atoms with Crippen molar-refractivity contribution in [2.45, 2.75) is 12.5 Å². The Kier molecular flexibility index (Phi) is 4.90. The van der Waals surface area contributed by atoms with Crippen LogP contribution in [0.25, 0.3) is 0 Å². The smallest absolute Gasteiger partial charge is 0.237 e. The quantitative estimate of drug-likeness (QED) is 0.652. The number of likely N-dealkylation sites (N-methyl/N-ethyl adjacent to an activating group) is 1. The van der Waals surface area contributed by atoms with Gasteiger partial charge in [0.2, 0.25) is 11.8 Å². The number of nitrogens with two attached hydrogens (primary N) is 1.